The Labute approximate surface area is 95.9 Å². The summed E-state index contributed by atoms with van der Waals surface area (Å²) in [6.07, 6.45) is 3.70. The molecule has 0 aliphatic heterocycles. The van der Waals surface area contributed by atoms with Gasteiger partial charge in [-0.05, 0) is 38.0 Å². The molecular weight excluding hydrogens is 198 g/mol. The molecule has 0 spiro atoms. The number of benzene rings is 1. The summed E-state index contributed by atoms with van der Waals surface area (Å²) in [6.45, 7) is 4.70. The van der Waals surface area contributed by atoms with E-state index >= 15 is 0 Å². The summed E-state index contributed by atoms with van der Waals surface area (Å²) in [4.78, 5) is 10.9. The van der Waals surface area contributed by atoms with Crippen molar-refractivity contribution in [2.45, 2.75) is 33.2 Å². The number of Topliss-reactive ketones (excluding diaryl/α,β-unsaturated/α-hetero) is 1. The molecule has 0 bridgehead atoms. The van der Waals surface area contributed by atoms with Gasteiger partial charge < -0.3 is 9.36 Å². The van der Waals surface area contributed by atoms with E-state index in [-0.39, 0.29) is 5.78 Å². The Kier molecular flexibility index (Phi) is 3.09. The first-order chi connectivity index (χ1) is 7.68. The molecule has 2 rings (SSSR count). The van der Waals surface area contributed by atoms with E-state index in [9.17, 15) is 4.79 Å². The maximum Gasteiger partial charge on any atom is 0.129 e. The Morgan fingerprint density at radius 2 is 2.12 bits per heavy atom. The van der Waals surface area contributed by atoms with Gasteiger partial charge in [-0.2, -0.15) is 0 Å². The minimum absolute atomic E-state index is 0.271. The number of aromatic nitrogens is 1. The van der Waals surface area contributed by atoms with Crippen molar-refractivity contribution in [2.75, 3.05) is 0 Å². The van der Waals surface area contributed by atoms with Crippen molar-refractivity contribution in [1.82, 2.24) is 4.57 Å². The summed E-state index contributed by atoms with van der Waals surface area (Å²) in [6, 6.07) is 8.50. The van der Waals surface area contributed by atoms with E-state index in [4.69, 9.17) is 0 Å². The number of ketones is 1. The monoisotopic (exact) mass is 215 g/mol. The third kappa shape index (κ3) is 2.16. The Balaban J connectivity index is 2.19. The van der Waals surface area contributed by atoms with Gasteiger partial charge in [0.25, 0.3) is 0 Å². The molecule has 0 unspecified atom stereocenters. The molecule has 0 aliphatic rings. The molecule has 0 radical (unpaired) electrons. The maximum atomic E-state index is 10.9. The van der Waals surface area contributed by atoms with Gasteiger partial charge in [0.1, 0.15) is 5.78 Å². The first kappa shape index (κ1) is 10.9. The molecule has 0 fully saturated rings. The average Bonchev–Trinajstić information content (AvgIpc) is 2.63. The largest absolute Gasteiger partial charge is 0.347 e. The number of aryl methyl sites for hydroxylation is 2. The minimum atomic E-state index is 0.271. The Hall–Kier alpha value is -1.57. The number of fused-ring (bicyclic) bond motifs is 1. The van der Waals surface area contributed by atoms with E-state index in [2.05, 4.69) is 42.0 Å². The number of rotatable bonds is 4. The van der Waals surface area contributed by atoms with Crippen molar-refractivity contribution in [3.8, 4) is 0 Å². The summed E-state index contributed by atoms with van der Waals surface area (Å²) < 4.78 is 2.23. The van der Waals surface area contributed by atoms with Crippen LogP contribution in [0.25, 0.3) is 10.9 Å². The van der Waals surface area contributed by atoms with Crippen molar-refractivity contribution in [3.63, 3.8) is 0 Å². The standard InChI is InChI=1S/C14H17NO/c1-11-5-3-7-14-13(11)8-10-15(14)9-4-6-12(2)16/h3,5,7-8,10H,4,6,9H2,1-2H3. The van der Waals surface area contributed by atoms with E-state index in [1.54, 1.807) is 6.92 Å². The highest BCUT2D eigenvalue weighted by atomic mass is 16.1. The third-order valence-corrected chi connectivity index (χ3v) is 2.96. The second-order valence-electron chi connectivity index (χ2n) is 4.32. The van der Waals surface area contributed by atoms with Gasteiger partial charge in [-0.1, -0.05) is 12.1 Å². The highest BCUT2D eigenvalue weighted by Crippen LogP contribution is 2.19. The Bertz CT molecular complexity index is 510. The third-order valence-electron chi connectivity index (χ3n) is 2.96. The van der Waals surface area contributed by atoms with Crippen molar-refractivity contribution in [2.24, 2.45) is 0 Å². The number of hydrogen-bond acceptors (Lipinski definition) is 1. The Morgan fingerprint density at radius 3 is 2.88 bits per heavy atom. The van der Waals surface area contributed by atoms with Crippen LogP contribution in [-0.2, 0) is 11.3 Å². The van der Waals surface area contributed by atoms with Crippen molar-refractivity contribution >= 4 is 16.7 Å². The van der Waals surface area contributed by atoms with Crippen LogP contribution in [0.2, 0.25) is 0 Å². The summed E-state index contributed by atoms with van der Waals surface area (Å²) in [5, 5.41) is 1.31. The van der Waals surface area contributed by atoms with Crippen LogP contribution in [0, 0.1) is 6.92 Å². The highest BCUT2D eigenvalue weighted by Gasteiger charge is 2.02. The lowest BCUT2D eigenvalue weighted by Gasteiger charge is -2.04. The molecule has 16 heavy (non-hydrogen) atoms. The zero-order valence-electron chi connectivity index (χ0n) is 9.86. The number of nitrogens with zero attached hydrogens (tertiary/aromatic N) is 1. The zero-order chi connectivity index (χ0) is 11.5. The molecule has 0 N–H and O–H groups in total. The molecule has 0 amide bonds. The average molecular weight is 215 g/mol. The first-order valence-electron chi connectivity index (χ1n) is 5.72. The SMILES string of the molecule is CC(=O)CCCn1ccc2c(C)cccc21. The number of carbonyl (C=O) groups is 1. The molecule has 2 heteroatoms. The smallest absolute Gasteiger partial charge is 0.129 e. The molecule has 0 saturated carbocycles. The van der Waals surface area contributed by atoms with Crippen molar-refractivity contribution < 1.29 is 4.79 Å². The quantitative estimate of drug-likeness (QED) is 0.766. The van der Waals surface area contributed by atoms with Crippen molar-refractivity contribution in [1.29, 1.82) is 0 Å². The van der Waals surface area contributed by atoms with Gasteiger partial charge in [0, 0.05) is 30.1 Å². The van der Waals surface area contributed by atoms with E-state index in [0.29, 0.717) is 6.42 Å². The lowest BCUT2D eigenvalue weighted by Crippen LogP contribution is -1.99. The van der Waals surface area contributed by atoms with Gasteiger partial charge in [0.15, 0.2) is 0 Å². The van der Waals surface area contributed by atoms with Crippen LogP contribution in [0.4, 0.5) is 0 Å². The van der Waals surface area contributed by atoms with Crippen LogP contribution < -0.4 is 0 Å². The fourth-order valence-corrected chi connectivity index (χ4v) is 2.07. The molecule has 0 saturated heterocycles. The number of hydrogen-bond donors (Lipinski definition) is 0. The summed E-state index contributed by atoms with van der Waals surface area (Å²) in [5.74, 6) is 0.271. The predicted molar refractivity (Wildman–Crippen MR) is 66.6 cm³/mol. The van der Waals surface area contributed by atoms with Crippen LogP contribution in [0.15, 0.2) is 30.5 Å². The molecule has 0 atom stereocenters. The van der Waals surface area contributed by atoms with E-state index < -0.39 is 0 Å². The normalized spacial score (nSPS) is 10.9. The van der Waals surface area contributed by atoms with Gasteiger partial charge in [0.05, 0.1) is 0 Å². The first-order valence-corrected chi connectivity index (χ1v) is 5.72. The van der Waals surface area contributed by atoms with E-state index in [1.165, 1.54) is 16.5 Å². The predicted octanol–water partition coefficient (Wildman–Crippen LogP) is 3.32. The van der Waals surface area contributed by atoms with Gasteiger partial charge in [-0.3, -0.25) is 0 Å². The molecule has 1 aromatic heterocycles. The second-order valence-corrected chi connectivity index (χ2v) is 4.32. The highest BCUT2D eigenvalue weighted by molar-refractivity contribution is 5.83. The topological polar surface area (TPSA) is 22.0 Å². The summed E-state index contributed by atoms with van der Waals surface area (Å²) >= 11 is 0. The van der Waals surface area contributed by atoms with Gasteiger partial charge >= 0.3 is 0 Å². The molecule has 2 aromatic rings. The van der Waals surface area contributed by atoms with Crippen molar-refractivity contribution in [3.05, 3.63) is 36.0 Å². The molecule has 0 aliphatic carbocycles. The van der Waals surface area contributed by atoms with Gasteiger partial charge in [0.2, 0.25) is 0 Å². The summed E-state index contributed by atoms with van der Waals surface area (Å²) in [7, 11) is 0. The van der Waals surface area contributed by atoms with Crippen LogP contribution in [0.3, 0.4) is 0 Å². The maximum absolute atomic E-state index is 10.9. The molecule has 2 nitrogen and oxygen atoms in total. The minimum Gasteiger partial charge on any atom is -0.347 e. The number of carbonyl (C=O) groups excluding carboxylic acids is 1. The zero-order valence-corrected chi connectivity index (χ0v) is 9.86. The van der Waals surface area contributed by atoms with Crippen LogP contribution in [0.1, 0.15) is 25.3 Å². The van der Waals surface area contributed by atoms with Crippen LogP contribution >= 0.6 is 0 Å². The molecule has 84 valence electrons. The lowest BCUT2D eigenvalue weighted by molar-refractivity contribution is -0.117. The van der Waals surface area contributed by atoms with Crippen LogP contribution in [0.5, 0.6) is 0 Å². The molecule has 1 aromatic carbocycles. The van der Waals surface area contributed by atoms with Gasteiger partial charge in [-0.25, -0.2) is 0 Å². The molecular formula is C14H17NO. The Morgan fingerprint density at radius 1 is 1.31 bits per heavy atom. The van der Waals surface area contributed by atoms with Gasteiger partial charge in [-0.15, -0.1) is 0 Å². The van der Waals surface area contributed by atoms with Crippen LogP contribution in [-0.4, -0.2) is 10.4 Å². The second kappa shape index (κ2) is 4.52. The molecule has 1 heterocycles. The van der Waals surface area contributed by atoms with E-state index in [1.807, 2.05) is 0 Å². The fourth-order valence-electron chi connectivity index (χ4n) is 2.07. The fraction of sp³-hybridized carbons (Fsp3) is 0.357. The van der Waals surface area contributed by atoms with E-state index in [0.717, 1.165) is 13.0 Å². The summed E-state index contributed by atoms with van der Waals surface area (Å²) in [5.41, 5.74) is 2.58. The lowest BCUT2D eigenvalue weighted by atomic mass is 10.1.